The van der Waals surface area contributed by atoms with Gasteiger partial charge in [0.15, 0.2) is 5.96 Å². The highest BCUT2D eigenvalue weighted by Crippen LogP contribution is 2.30. The Morgan fingerprint density at radius 3 is 2.56 bits per heavy atom. The molecular weight excluding hydrogens is 345 g/mol. The van der Waals surface area contributed by atoms with Gasteiger partial charge < -0.3 is 21.4 Å². The predicted octanol–water partition coefficient (Wildman–Crippen LogP) is 2.06. The molecule has 6 nitrogen and oxygen atoms in total. The Bertz CT molecular complexity index is 831. The van der Waals surface area contributed by atoms with Crippen molar-refractivity contribution in [3.63, 3.8) is 0 Å². The highest BCUT2D eigenvalue weighted by molar-refractivity contribution is 6.02. The van der Waals surface area contributed by atoms with Gasteiger partial charge in [-0.3, -0.25) is 4.79 Å². The zero-order valence-corrected chi connectivity index (χ0v) is 15.5. The van der Waals surface area contributed by atoms with Gasteiger partial charge in [-0.25, -0.2) is 4.39 Å². The van der Waals surface area contributed by atoms with Crippen molar-refractivity contribution in [1.29, 1.82) is 0 Å². The van der Waals surface area contributed by atoms with Crippen LogP contribution in [0.4, 0.5) is 4.39 Å². The number of aryl methyl sites for hydroxylation is 1. The molecule has 0 aliphatic carbocycles. The Balaban J connectivity index is 1.90. The number of benzene rings is 1. The second-order valence-corrected chi connectivity index (χ2v) is 6.96. The van der Waals surface area contributed by atoms with Crippen LogP contribution in [0.15, 0.2) is 35.3 Å². The van der Waals surface area contributed by atoms with Gasteiger partial charge in [-0.2, -0.15) is 4.99 Å². The largest absolute Gasteiger partial charge is 0.370 e. The zero-order chi connectivity index (χ0) is 19.4. The van der Waals surface area contributed by atoms with E-state index < -0.39 is 5.91 Å². The van der Waals surface area contributed by atoms with E-state index in [9.17, 15) is 9.18 Å². The maximum absolute atomic E-state index is 13.1. The first-order valence-electron chi connectivity index (χ1n) is 9.25. The van der Waals surface area contributed by atoms with E-state index in [0.29, 0.717) is 18.0 Å². The third-order valence-corrected chi connectivity index (χ3v) is 5.15. The van der Waals surface area contributed by atoms with Crippen molar-refractivity contribution < 1.29 is 9.18 Å². The molecule has 0 saturated carbocycles. The fraction of sp³-hybridized carbons (Fsp3) is 0.400. The monoisotopic (exact) mass is 371 g/mol. The number of aromatic nitrogens is 1. The molecule has 0 bridgehead atoms. The molecule has 144 valence electrons. The number of hydrogen-bond acceptors (Lipinski definition) is 2. The van der Waals surface area contributed by atoms with Crippen molar-refractivity contribution in [2.24, 2.45) is 16.5 Å². The fourth-order valence-corrected chi connectivity index (χ4v) is 3.71. The lowest BCUT2D eigenvalue weighted by Crippen LogP contribution is -2.28. The number of nitrogens with zero attached hydrogens (tertiary/aromatic N) is 2. The fourth-order valence-electron chi connectivity index (χ4n) is 3.71. The molecule has 1 amide bonds. The minimum absolute atomic E-state index is 0.234. The van der Waals surface area contributed by atoms with Crippen molar-refractivity contribution in [2.45, 2.75) is 38.6 Å². The molecule has 0 spiro atoms. The minimum Gasteiger partial charge on any atom is -0.370 e. The van der Waals surface area contributed by atoms with Gasteiger partial charge in [-0.05, 0) is 63.0 Å². The number of aliphatic imine (C=N–C) groups is 1. The number of halogens is 1. The molecule has 2 heterocycles. The second kappa shape index (κ2) is 8.35. The number of amides is 1. The van der Waals surface area contributed by atoms with Gasteiger partial charge in [0, 0.05) is 23.9 Å². The van der Waals surface area contributed by atoms with Crippen LogP contribution in [-0.2, 0) is 13.0 Å². The molecule has 0 unspecified atom stereocenters. The van der Waals surface area contributed by atoms with Crippen molar-refractivity contribution in [1.82, 2.24) is 9.88 Å². The molecular formula is C20H26FN5O. The van der Waals surface area contributed by atoms with E-state index in [1.807, 2.05) is 13.0 Å². The first kappa shape index (κ1) is 19.1. The molecule has 2 aromatic rings. The molecule has 3 rings (SSSR count). The molecule has 1 aromatic carbocycles. The molecule has 27 heavy (non-hydrogen) atoms. The average molecular weight is 371 g/mol. The summed E-state index contributed by atoms with van der Waals surface area (Å²) in [6.07, 6.45) is 2.80. The van der Waals surface area contributed by atoms with Crippen LogP contribution < -0.4 is 16.8 Å². The normalized spacial score (nSPS) is 14.9. The number of carbonyl (C=O) groups is 1. The SMILES string of the molecule is Cc1c(C(=O)N=C(N)N)cc(C2CCNCC2)n1CCc1ccc(F)cc1. The van der Waals surface area contributed by atoms with E-state index in [-0.39, 0.29) is 11.8 Å². The standard InChI is InChI=1S/C20H26FN5O/c1-13-17(19(27)25-20(22)23)12-18(15-6-9-24-10-7-15)26(13)11-8-14-2-4-16(21)5-3-14/h2-5,12,15,24H,6-11H2,1H3,(H4,22,23,25,27). The van der Waals surface area contributed by atoms with Gasteiger partial charge in [0.2, 0.25) is 0 Å². The number of piperidine rings is 1. The lowest BCUT2D eigenvalue weighted by molar-refractivity contribution is 0.100. The van der Waals surface area contributed by atoms with E-state index in [2.05, 4.69) is 14.9 Å². The Hall–Kier alpha value is -2.67. The van der Waals surface area contributed by atoms with E-state index in [1.54, 1.807) is 12.1 Å². The minimum atomic E-state index is -0.414. The van der Waals surface area contributed by atoms with E-state index in [4.69, 9.17) is 11.5 Å². The third-order valence-electron chi connectivity index (χ3n) is 5.15. The van der Waals surface area contributed by atoms with Crippen molar-refractivity contribution in [3.05, 3.63) is 58.7 Å². The summed E-state index contributed by atoms with van der Waals surface area (Å²) in [7, 11) is 0. The van der Waals surface area contributed by atoms with Crippen LogP contribution in [0.5, 0.6) is 0 Å². The number of carbonyl (C=O) groups excluding carboxylic acids is 1. The summed E-state index contributed by atoms with van der Waals surface area (Å²) in [5.41, 5.74) is 14.4. The zero-order valence-electron chi connectivity index (χ0n) is 15.5. The Labute approximate surface area is 158 Å². The van der Waals surface area contributed by atoms with Gasteiger partial charge in [-0.15, -0.1) is 0 Å². The maximum Gasteiger partial charge on any atom is 0.282 e. The first-order chi connectivity index (χ1) is 13.0. The summed E-state index contributed by atoms with van der Waals surface area (Å²) >= 11 is 0. The van der Waals surface area contributed by atoms with Crippen LogP contribution in [0.3, 0.4) is 0 Å². The molecule has 1 aromatic heterocycles. The topological polar surface area (TPSA) is 98.4 Å². The molecule has 1 aliphatic heterocycles. The maximum atomic E-state index is 13.1. The predicted molar refractivity (Wildman–Crippen MR) is 104 cm³/mol. The summed E-state index contributed by atoms with van der Waals surface area (Å²) in [4.78, 5) is 16.1. The quantitative estimate of drug-likeness (QED) is 0.553. The van der Waals surface area contributed by atoms with Gasteiger partial charge in [0.1, 0.15) is 5.82 Å². The third kappa shape index (κ3) is 4.54. The molecule has 5 N–H and O–H groups in total. The number of rotatable bonds is 5. The summed E-state index contributed by atoms with van der Waals surface area (Å²) < 4.78 is 15.3. The number of nitrogens with two attached hydrogens (primary N) is 2. The molecule has 0 atom stereocenters. The number of nitrogens with one attached hydrogen (secondary N) is 1. The van der Waals surface area contributed by atoms with Crippen LogP contribution in [-0.4, -0.2) is 29.5 Å². The second-order valence-electron chi connectivity index (χ2n) is 6.96. The number of hydrogen-bond donors (Lipinski definition) is 3. The van der Waals surface area contributed by atoms with Crippen LogP contribution in [0.1, 0.15) is 46.1 Å². The Morgan fingerprint density at radius 1 is 1.26 bits per heavy atom. The van der Waals surface area contributed by atoms with Gasteiger partial charge in [-0.1, -0.05) is 12.1 Å². The lowest BCUT2D eigenvalue weighted by Gasteiger charge is -2.25. The molecule has 1 fully saturated rings. The average Bonchev–Trinajstić information content (AvgIpc) is 2.98. The van der Waals surface area contributed by atoms with Gasteiger partial charge in [0.25, 0.3) is 5.91 Å². The van der Waals surface area contributed by atoms with Crippen molar-refractivity contribution >= 4 is 11.9 Å². The van der Waals surface area contributed by atoms with E-state index >= 15 is 0 Å². The van der Waals surface area contributed by atoms with Crippen LogP contribution in [0.2, 0.25) is 0 Å². The molecule has 7 heteroatoms. The summed E-state index contributed by atoms with van der Waals surface area (Å²) in [5.74, 6) is -0.500. The molecule has 0 radical (unpaired) electrons. The Kier molecular flexibility index (Phi) is 5.91. The highest BCUT2D eigenvalue weighted by atomic mass is 19.1. The van der Waals surface area contributed by atoms with E-state index in [0.717, 1.165) is 49.3 Å². The van der Waals surface area contributed by atoms with Crippen molar-refractivity contribution in [3.8, 4) is 0 Å². The first-order valence-corrected chi connectivity index (χ1v) is 9.25. The highest BCUT2D eigenvalue weighted by Gasteiger charge is 2.24. The van der Waals surface area contributed by atoms with Gasteiger partial charge >= 0.3 is 0 Å². The van der Waals surface area contributed by atoms with Crippen LogP contribution in [0.25, 0.3) is 0 Å². The van der Waals surface area contributed by atoms with Crippen LogP contribution >= 0.6 is 0 Å². The summed E-state index contributed by atoms with van der Waals surface area (Å²) in [5, 5.41) is 3.37. The molecule has 1 saturated heterocycles. The van der Waals surface area contributed by atoms with Crippen LogP contribution in [0, 0.1) is 12.7 Å². The number of guanidine groups is 1. The van der Waals surface area contributed by atoms with Gasteiger partial charge in [0.05, 0.1) is 5.56 Å². The van der Waals surface area contributed by atoms with E-state index in [1.165, 1.54) is 12.1 Å². The lowest BCUT2D eigenvalue weighted by atomic mass is 9.94. The smallest absolute Gasteiger partial charge is 0.282 e. The molecule has 1 aliphatic rings. The van der Waals surface area contributed by atoms with Crippen molar-refractivity contribution in [2.75, 3.05) is 13.1 Å². The summed E-state index contributed by atoms with van der Waals surface area (Å²) in [6.45, 7) is 4.56. The Morgan fingerprint density at radius 2 is 1.93 bits per heavy atom. The summed E-state index contributed by atoms with van der Waals surface area (Å²) in [6, 6.07) is 8.47.